The van der Waals surface area contributed by atoms with E-state index in [2.05, 4.69) is 18.2 Å². The van der Waals surface area contributed by atoms with Crippen LogP contribution in [0.25, 0.3) is 0 Å². The van der Waals surface area contributed by atoms with Crippen LogP contribution in [-0.4, -0.2) is 19.7 Å². The molecule has 0 N–H and O–H groups in total. The maximum Gasteiger partial charge on any atom is 0.312 e. The molecule has 0 spiro atoms. The minimum atomic E-state index is -0.140. The second-order valence-corrected chi connectivity index (χ2v) is 8.32. The van der Waals surface area contributed by atoms with Gasteiger partial charge in [-0.05, 0) is 80.4 Å². The summed E-state index contributed by atoms with van der Waals surface area (Å²) in [6, 6.07) is 8.06. The molecule has 3 heteroatoms. The van der Waals surface area contributed by atoms with E-state index in [0.29, 0.717) is 6.61 Å². The summed E-state index contributed by atoms with van der Waals surface area (Å²) in [6.07, 6.45) is 12.2. The molecule has 0 aliphatic heterocycles. The molecule has 0 heterocycles. The summed E-state index contributed by atoms with van der Waals surface area (Å²) in [4.78, 5) is 12.7. The normalized spacial score (nSPS) is 32.9. The molecule has 0 saturated heterocycles. The molecule has 4 bridgehead atoms. The fourth-order valence-electron chi connectivity index (χ4n) is 5.69. The van der Waals surface area contributed by atoms with Crippen LogP contribution in [0.15, 0.2) is 36.4 Å². The highest BCUT2D eigenvalue weighted by atomic mass is 16.5. The molecule has 4 saturated carbocycles. The first kappa shape index (κ1) is 16.7. The summed E-state index contributed by atoms with van der Waals surface area (Å²) in [5, 5.41) is 0. The molecule has 134 valence electrons. The lowest BCUT2D eigenvalue weighted by Gasteiger charge is -2.55. The lowest BCUT2D eigenvalue weighted by atomic mass is 9.49. The molecule has 3 nitrogen and oxygen atoms in total. The summed E-state index contributed by atoms with van der Waals surface area (Å²) < 4.78 is 10.8. The van der Waals surface area contributed by atoms with E-state index in [4.69, 9.17) is 9.47 Å². The van der Waals surface area contributed by atoms with Crippen molar-refractivity contribution in [1.29, 1.82) is 0 Å². The average Bonchev–Trinajstić information content (AvgIpc) is 2.60. The molecule has 5 rings (SSSR count). The van der Waals surface area contributed by atoms with Crippen molar-refractivity contribution in [1.82, 2.24) is 0 Å². The van der Waals surface area contributed by atoms with Gasteiger partial charge >= 0.3 is 5.97 Å². The van der Waals surface area contributed by atoms with Gasteiger partial charge in [-0.25, -0.2) is 0 Å². The van der Waals surface area contributed by atoms with Crippen LogP contribution >= 0.6 is 0 Å². The molecule has 1 aromatic carbocycles. The van der Waals surface area contributed by atoms with E-state index in [1.54, 1.807) is 7.11 Å². The fourth-order valence-corrected chi connectivity index (χ4v) is 5.69. The molecule has 0 radical (unpaired) electrons. The predicted molar refractivity (Wildman–Crippen MR) is 97.4 cm³/mol. The van der Waals surface area contributed by atoms with Crippen LogP contribution in [0.5, 0.6) is 5.75 Å². The van der Waals surface area contributed by atoms with Gasteiger partial charge in [0, 0.05) is 0 Å². The SMILES string of the molecule is COc1ccc(C/C=C/COC(=O)C23CC4CC(CC(C4)C2)C3)cc1. The van der Waals surface area contributed by atoms with Gasteiger partial charge in [-0.1, -0.05) is 24.3 Å². The predicted octanol–water partition coefficient (Wildman–Crippen LogP) is 4.55. The van der Waals surface area contributed by atoms with Crippen LogP contribution in [0.2, 0.25) is 0 Å². The molecule has 0 aromatic heterocycles. The Balaban J connectivity index is 1.26. The zero-order valence-corrected chi connectivity index (χ0v) is 15.1. The second-order valence-electron chi connectivity index (χ2n) is 8.32. The first-order chi connectivity index (χ1) is 12.2. The molecular formula is C22H28O3. The second kappa shape index (κ2) is 6.86. The number of hydrogen-bond acceptors (Lipinski definition) is 3. The minimum Gasteiger partial charge on any atom is -0.497 e. The van der Waals surface area contributed by atoms with Crippen LogP contribution in [-0.2, 0) is 16.0 Å². The van der Waals surface area contributed by atoms with Crippen molar-refractivity contribution >= 4 is 5.97 Å². The quantitative estimate of drug-likeness (QED) is 0.563. The number of benzene rings is 1. The van der Waals surface area contributed by atoms with Gasteiger partial charge in [0.05, 0.1) is 12.5 Å². The number of allylic oxidation sites excluding steroid dienone is 1. The van der Waals surface area contributed by atoms with Crippen LogP contribution in [0.4, 0.5) is 0 Å². The van der Waals surface area contributed by atoms with Crippen molar-refractivity contribution in [3.63, 3.8) is 0 Å². The number of methoxy groups -OCH3 is 1. The Hall–Kier alpha value is -1.77. The molecular weight excluding hydrogens is 312 g/mol. The van der Waals surface area contributed by atoms with Crippen LogP contribution in [0.1, 0.15) is 44.1 Å². The molecule has 4 aliphatic rings. The first-order valence-electron chi connectivity index (χ1n) is 9.62. The summed E-state index contributed by atoms with van der Waals surface area (Å²) in [6.45, 7) is 0.400. The van der Waals surface area contributed by atoms with E-state index in [1.165, 1.54) is 24.8 Å². The molecule has 0 atom stereocenters. The standard InChI is InChI=1S/C22H28O3/c1-24-20-7-5-16(6-8-20)4-2-3-9-25-21(23)22-13-17-10-18(14-22)12-19(11-17)15-22/h2-3,5-8,17-19H,4,9-15H2,1H3/b3-2+. The Labute approximate surface area is 150 Å². The molecule has 0 unspecified atom stereocenters. The minimum absolute atomic E-state index is 0.0701. The number of hydrogen-bond donors (Lipinski definition) is 0. The van der Waals surface area contributed by atoms with Crippen LogP contribution in [0, 0.1) is 23.2 Å². The first-order valence-corrected chi connectivity index (χ1v) is 9.62. The zero-order chi connectivity index (χ0) is 17.3. The van der Waals surface area contributed by atoms with Gasteiger partial charge in [-0.2, -0.15) is 0 Å². The fraction of sp³-hybridized carbons (Fsp3) is 0.591. The third-order valence-corrected chi connectivity index (χ3v) is 6.46. The summed E-state index contributed by atoms with van der Waals surface area (Å²) in [5.74, 6) is 3.29. The third kappa shape index (κ3) is 3.47. The molecule has 0 amide bonds. The molecule has 4 fully saturated rings. The molecule has 25 heavy (non-hydrogen) atoms. The number of carbonyl (C=O) groups excluding carboxylic acids is 1. The van der Waals surface area contributed by atoms with Crippen molar-refractivity contribution in [2.45, 2.75) is 44.9 Å². The topological polar surface area (TPSA) is 35.5 Å². The molecule has 4 aliphatic carbocycles. The summed E-state index contributed by atoms with van der Waals surface area (Å²) in [7, 11) is 1.67. The van der Waals surface area contributed by atoms with E-state index < -0.39 is 0 Å². The van der Waals surface area contributed by atoms with Gasteiger partial charge < -0.3 is 9.47 Å². The number of ether oxygens (including phenoxy) is 2. The maximum atomic E-state index is 12.7. The van der Waals surface area contributed by atoms with Crippen molar-refractivity contribution in [2.75, 3.05) is 13.7 Å². The van der Waals surface area contributed by atoms with Gasteiger partial charge in [-0.3, -0.25) is 4.79 Å². The summed E-state index contributed by atoms with van der Waals surface area (Å²) in [5.41, 5.74) is 1.09. The zero-order valence-electron chi connectivity index (χ0n) is 15.1. The number of carbonyl (C=O) groups is 1. The van der Waals surface area contributed by atoms with E-state index in [-0.39, 0.29) is 11.4 Å². The smallest absolute Gasteiger partial charge is 0.312 e. The number of esters is 1. The van der Waals surface area contributed by atoms with Crippen LogP contribution in [0.3, 0.4) is 0 Å². The van der Waals surface area contributed by atoms with Crippen molar-refractivity contribution in [2.24, 2.45) is 23.2 Å². The van der Waals surface area contributed by atoms with E-state index in [1.807, 2.05) is 18.2 Å². The van der Waals surface area contributed by atoms with Gasteiger partial charge in [0.25, 0.3) is 0 Å². The van der Waals surface area contributed by atoms with Crippen LogP contribution < -0.4 is 4.74 Å². The monoisotopic (exact) mass is 340 g/mol. The van der Waals surface area contributed by atoms with Gasteiger partial charge in [-0.15, -0.1) is 0 Å². The third-order valence-electron chi connectivity index (χ3n) is 6.46. The summed E-state index contributed by atoms with van der Waals surface area (Å²) >= 11 is 0. The van der Waals surface area contributed by atoms with E-state index >= 15 is 0 Å². The number of rotatable bonds is 6. The Morgan fingerprint density at radius 3 is 2.20 bits per heavy atom. The van der Waals surface area contributed by atoms with Gasteiger partial charge in [0.1, 0.15) is 12.4 Å². The van der Waals surface area contributed by atoms with E-state index in [9.17, 15) is 4.79 Å². The highest BCUT2D eigenvalue weighted by Crippen LogP contribution is 2.60. The molecule has 1 aromatic rings. The lowest BCUT2D eigenvalue weighted by Crippen LogP contribution is -2.50. The van der Waals surface area contributed by atoms with Crippen molar-refractivity contribution in [3.8, 4) is 5.75 Å². The van der Waals surface area contributed by atoms with Crippen molar-refractivity contribution < 1.29 is 14.3 Å². The highest BCUT2D eigenvalue weighted by molar-refractivity contribution is 5.77. The highest BCUT2D eigenvalue weighted by Gasteiger charge is 2.55. The van der Waals surface area contributed by atoms with Gasteiger partial charge in [0.15, 0.2) is 0 Å². The lowest BCUT2D eigenvalue weighted by molar-refractivity contribution is -0.170. The largest absolute Gasteiger partial charge is 0.497 e. The van der Waals surface area contributed by atoms with E-state index in [0.717, 1.165) is 49.2 Å². The van der Waals surface area contributed by atoms with Crippen molar-refractivity contribution in [3.05, 3.63) is 42.0 Å². The Kier molecular flexibility index (Phi) is 4.58. The Bertz CT molecular complexity index is 608. The Morgan fingerprint density at radius 1 is 1.04 bits per heavy atom. The Morgan fingerprint density at radius 2 is 1.64 bits per heavy atom. The average molecular weight is 340 g/mol. The van der Waals surface area contributed by atoms with Gasteiger partial charge in [0.2, 0.25) is 0 Å². The maximum absolute atomic E-state index is 12.7.